The number of nitrogens with one attached hydrogen (secondary N) is 2. The van der Waals surface area contributed by atoms with Gasteiger partial charge in [0.25, 0.3) is 0 Å². The number of H-pyrrole nitrogens is 1. The van der Waals surface area contributed by atoms with Crippen molar-refractivity contribution in [2.24, 2.45) is 0 Å². The predicted molar refractivity (Wildman–Crippen MR) is 133 cm³/mol. The average molecular weight is 551 g/mol. The van der Waals surface area contributed by atoms with Crippen LogP contribution < -0.4 is 14.8 Å². The van der Waals surface area contributed by atoms with E-state index >= 15 is 0 Å². The molecule has 0 spiro atoms. The van der Waals surface area contributed by atoms with Gasteiger partial charge >= 0.3 is 6.18 Å². The highest BCUT2D eigenvalue weighted by molar-refractivity contribution is 7.90. The van der Waals surface area contributed by atoms with Crippen molar-refractivity contribution in [3.63, 3.8) is 0 Å². The van der Waals surface area contributed by atoms with Gasteiger partial charge in [0.15, 0.2) is 15.6 Å². The lowest BCUT2D eigenvalue weighted by molar-refractivity contribution is -0.137. The summed E-state index contributed by atoms with van der Waals surface area (Å²) in [6.45, 7) is 0. The van der Waals surface area contributed by atoms with E-state index in [2.05, 4.69) is 10.3 Å². The van der Waals surface area contributed by atoms with E-state index in [0.717, 1.165) is 30.5 Å². The second-order valence-electron chi connectivity index (χ2n) is 8.46. The number of carbonyl (C=O) groups is 1. The molecule has 0 fully saturated rings. The van der Waals surface area contributed by atoms with Crippen molar-refractivity contribution < 1.29 is 40.2 Å². The van der Waals surface area contributed by atoms with Crippen LogP contribution in [0.2, 0.25) is 0 Å². The number of aromatic amines is 1. The highest BCUT2D eigenvalue weighted by Crippen LogP contribution is 2.37. The smallest absolute Gasteiger partial charge is 0.416 e. The summed E-state index contributed by atoms with van der Waals surface area (Å²) in [7, 11) is -1.07. The van der Waals surface area contributed by atoms with Crippen LogP contribution in [0.5, 0.6) is 11.5 Å². The number of aromatic nitrogens is 1. The second-order valence-corrected chi connectivity index (χ2v) is 10.5. The summed E-state index contributed by atoms with van der Waals surface area (Å²) >= 11 is 0. The number of fused-ring (bicyclic) bond motifs is 1. The van der Waals surface area contributed by atoms with Crippen LogP contribution in [0.1, 0.15) is 27.5 Å². The number of ketones is 1. The minimum absolute atomic E-state index is 0.00194. The summed E-state index contributed by atoms with van der Waals surface area (Å²) in [6, 6.07) is 9.15. The summed E-state index contributed by atoms with van der Waals surface area (Å²) in [4.78, 5) is 16.6. The highest BCUT2D eigenvalue weighted by Gasteiger charge is 2.32. The first kappa shape index (κ1) is 27.0. The molecule has 0 bridgehead atoms. The van der Waals surface area contributed by atoms with Crippen LogP contribution in [0.3, 0.4) is 0 Å². The van der Waals surface area contributed by atoms with E-state index in [4.69, 9.17) is 9.47 Å². The Morgan fingerprint density at radius 2 is 1.74 bits per heavy atom. The number of rotatable bonds is 8. The lowest BCUT2D eigenvalue weighted by atomic mass is 9.95. The Bertz CT molecular complexity index is 1630. The Hall–Kier alpha value is -4.06. The number of sulfone groups is 1. The quantitative estimate of drug-likeness (QED) is 0.213. The Balaban J connectivity index is 1.89. The summed E-state index contributed by atoms with van der Waals surface area (Å²) in [6.07, 6.45) is -2.35. The molecule has 0 saturated carbocycles. The topological polar surface area (TPSA) is 97.5 Å². The average Bonchev–Trinajstić information content (AvgIpc) is 3.29. The molecular weight excluding hydrogens is 528 g/mol. The van der Waals surface area contributed by atoms with Crippen LogP contribution in [0.4, 0.5) is 23.2 Å². The normalized spacial score (nSPS) is 12.8. The number of hydrogen-bond donors (Lipinski definition) is 2. The third kappa shape index (κ3) is 5.44. The fraction of sp³-hybridized carbons (Fsp3) is 0.192. The van der Waals surface area contributed by atoms with Crippen LogP contribution in [0.25, 0.3) is 10.9 Å². The Morgan fingerprint density at radius 3 is 2.37 bits per heavy atom. The highest BCUT2D eigenvalue weighted by atomic mass is 32.2. The standard InChI is InChI=1S/C26H22F4N2O5S/c1-36-17-10-16(11-18(12-17)38(3,34)35)32-24(19-6-5-15(27)9-23(19)37-2)25(33)21-13-31-22-7-4-14(8-20(21)22)26(28,29)30/h4-13,24,31-32H,1-3H3. The molecule has 0 aliphatic carbocycles. The summed E-state index contributed by atoms with van der Waals surface area (Å²) in [5.41, 5.74) is -0.379. The molecule has 0 aliphatic heterocycles. The van der Waals surface area contributed by atoms with E-state index in [1.54, 1.807) is 0 Å². The molecule has 1 aromatic heterocycles. The second kappa shape index (κ2) is 10.0. The molecule has 1 unspecified atom stereocenters. The first-order valence-corrected chi connectivity index (χ1v) is 12.9. The zero-order chi connectivity index (χ0) is 27.8. The number of halogens is 4. The van der Waals surface area contributed by atoms with Gasteiger partial charge in [-0.25, -0.2) is 12.8 Å². The molecule has 1 atom stereocenters. The van der Waals surface area contributed by atoms with Crippen molar-refractivity contribution in [3.8, 4) is 11.5 Å². The van der Waals surface area contributed by atoms with Gasteiger partial charge in [0.05, 0.1) is 24.7 Å². The van der Waals surface area contributed by atoms with Gasteiger partial charge in [-0.2, -0.15) is 13.2 Å². The van der Waals surface area contributed by atoms with Gasteiger partial charge in [0, 0.05) is 52.3 Å². The molecule has 0 amide bonds. The predicted octanol–water partition coefficient (Wildman–Crippen LogP) is 5.78. The summed E-state index contributed by atoms with van der Waals surface area (Å²) < 4.78 is 89.0. The van der Waals surface area contributed by atoms with Crippen molar-refractivity contribution in [1.29, 1.82) is 0 Å². The number of Topliss-reactive ketones (excluding diaryl/α,β-unsaturated/α-hetero) is 1. The maximum absolute atomic E-state index is 14.0. The molecule has 3 aromatic carbocycles. The SMILES string of the molecule is COc1cc(NC(C(=O)c2c[nH]c3ccc(C(F)(F)F)cc23)c2ccc(F)cc2OC)cc(S(C)(=O)=O)c1. The molecule has 0 saturated heterocycles. The lowest BCUT2D eigenvalue weighted by Crippen LogP contribution is -2.22. The van der Waals surface area contributed by atoms with Gasteiger partial charge in [-0.1, -0.05) is 0 Å². The molecule has 12 heteroatoms. The van der Waals surface area contributed by atoms with E-state index in [0.29, 0.717) is 5.52 Å². The molecule has 4 aromatic rings. The van der Waals surface area contributed by atoms with Crippen molar-refractivity contribution in [2.45, 2.75) is 17.1 Å². The zero-order valence-corrected chi connectivity index (χ0v) is 21.1. The number of carbonyl (C=O) groups excluding carboxylic acids is 1. The molecule has 2 N–H and O–H groups in total. The van der Waals surface area contributed by atoms with Crippen LogP contribution in [0.15, 0.2) is 65.7 Å². The van der Waals surface area contributed by atoms with Crippen LogP contribution in [0, 0.1) is 5.82 Å². The van der Waals surface area contributed by atoms with E-state index in [1.165, 1.54) is 50.7 Å². The molecule has 4 rings (SSSR count). The van der Waals surface area contributed by atoms with E-state index in [9.17, 15) is 30.8 Å². The van der Waals surface area contributed by atoms with Gasteiger partial charge in [0.2, 0.25) is 0 Å². The zero-order valence-electron chi connectivity index (χ0n) is 20.3. The first-order chi connectivity index (χ1) is 17.8. The third-order valence-electron chi connectivity index (χ3n) is 5.90. The van der Waals surface area contributed by atoms with Crippen LogP contribution >= 0.6 is 0 Å². The maximum atomic E-state index is 14.0. The number of anilines is 1. The fourth-order valence-electron chi connectivity index (χ4n) is 4.02. The van der Waals surface area contributed by atoms with Crippen molar-refractivity contribution >= 4 is 32.2 Å². The Morgan fingerprint density at radius 1 is 1.00 bits per heavy atom. The number of methoxy groups -OCH3 is 2. The molecule has 0 radical (unpaired) electrons. The molecule has 0 aliphatic rings. The van der Waals surface area contributed by atoms with E-state index in [1.807, 2.05) is 0 Å². The minimum atomic E-state index is -4.63. The molecule has 38 heavy (non-hydrogen) atoms. The number of hydrogen-bond acceptors (Lipinski definition) is 6. The van der Waals surface area contributed by atoms with Gasteiger partial charge in [-0.3, -0.25) is 4.79 Å². The van der Waals surface area contributed by atoms with Crippen molar-refractivity contribution in [1.82, 2.24) is 4.98 Å². The van der Waals surface area contributed by atoms with Crippen LogP contribution in [-0.4, -0.2) is 39.7 Å². The van der Waals surface area contributed by atoms with Gasteiger partial charge in [-0.15, -0.1) is 0 Å². The largest absolute Gasteiger partial charge is 0.497 e. The number of alkyl halides is 3. The Labute approximate surface area is 215 Å². The van der Waals surface area contributed by atoms with Crippen molar-refractivity contribution in [3.05, 3.63) is 83.3 Å². The summed E-state index contributed by atoms with van der Waals surface area (Å²) in [5.74, 6) is -1.14. The molecular formula is C26H22F4N2O5S. The maximum Gasteiger partial charge on any atom is 0.416 e. The van der Waals surface area contributed by atoms with Crippen LogP contribution in [-0.2, 0) is 16.0 Å². The number of ether oxygens (including phenoxy) is 2. The first-order valence-electron chi connectivity index (χ1n) is 11.0. The molecule has 7 nitrogen and oxygen atoms in total. The fourth-order valence-corrected chi connectivity index (χ4v) is 4.69. The van der Waals surface area contributed by atoms with E-state index < -0.39 is 39.2 Å². The van der Waals surface area contributed by atoms with Gasteiger partial charge in [0.1, 0.15) is 23.4 Å². The van der Waals surface area contributed by atoms with Gasteiger partial charge in [-0.05, 0) is 42.5 Å². The molecule has 1 heterocycles. The number of benzene rings is 3. The van der Waals surface area contributed by atoms with Gasteiger partial charge < -0.3 is 19.8 Å². The van der Waals surface area contributed by atoms with Crippen molar-refractivity contribution in [2.75, 3.05) is 25.8 Å². The Kier molecular flexibility index (Phi) is 7.11. The summed E-state index contributed by atoms with van der Waals surface area (Å²) in [5, 5.41) is 2.97. The third-order valence-corrected chi connectivity index (χ3v) is 6.99. The monoisotopic (exact) mass is 550 g/mol. The minimum Gasteiger partial charge on any atom is -0.497 e. The lowest BCUT2D eigenvalue weighted by Gasteiger charge is -2.22. The molecule has 200 valence electrons. The van der Waals surface area contributed by atoms with E-state index in [-0.39, 0.29) is 38.6 Å².